The largest absolute Gasteiger partial charge is 0.307 e. The minimum Gasteiger partial charge on any atom is -0.307 e. The molecular weight excluding hydrogens is 274 g/mol. The van der Waals surface area contributed by atoms with E-state index in [4.69, 9.17) is 0 Å². The molecule has 0 aliphatic heterocycles. The van der Waals surface area contributed by atoms with E-state index in [0.29, 0.717) is 12.1 Å². The van der Waals surface area contributed by atoms with Gasteiger partial charge in [-0.3, -0.25) is 0 Å². The fourth-order valence-electron chi connectivity index (χ4n) is 2.49. The number of halogens is 1. The second kappa shape index (κ2) is 6.01. The average Bonchev–Trinajstić information content (AvgIpc) is 3.17. The lowest BCUT2D eigenvalue weighted by molar-refractivity contribution is 0.383. The van der Waals surface area contributed by atoms with Gasteiger partial charge in [-0.25, -0.2) is 0 Å². The summed E-state index contributed by atoms with van der Waals surface area (Å²) in [5.41, 5.74) is 1.41. The molecule has 2 atom stereocenters. The van der Waals surface area contributed by atoms with Crippen molar-refractivity contribution in [2.75, 3.05) is 0 Å². The molecule has 1 aliphatic rings. The Bertz CT molecular complexity index is 342. The third-order valence-corrected chi connectivity index (χ3v) is 4.26. The van der Waals surface area contributed by atoms with E-state index in [2.05, 4.69) is 59.4 Å². The minimum absolute atomic E-state index is 0.508. The molecule has 94 valence electrons. The zero-order valence-corrected chi connectivity index (χ0v) is 12.3. The first kappa shape index (κ1) is 13.1. The van der Waals surface area contributed by atoms with Gasteiger partial charge in [0.25, 0.3) is 0 Å². The Morgan fingerprint density at radius 3 is 2.29 bits per heavy atom. The topological polar surface area (TPSA) is 12.0 Å². The van der Waals surface area contributed by atoms with Crippen LogP contribution in [-0.4, -0.2) is 6.04 Å². The van der Waals surface area contributed by atoms with Crippen LogP contribution >= 0.6 is 15.9 Å². The summed E-state index contributed by atoms with van der Waals surface area (Å²) in [5, 5.41) is 3.84. The van der Waals surface area contributed by atoms with Gasteiger partial charge in [0.1, 0.15) is 0 Å². The molecule has 0 spiro atoms. The smallest absolute Gasteiger partial charge is 0.0320 e. The van der Waals surface area contributed by atoms with Crippen molar-refractivity contribution in [3.63, 3.8) is 0 Å². The predicted molar refractivity (Wildman–Crippen MR) is 77.1 cm³/mol. The molecule has 0 heterocycles. The zero-order valence-electron chi connectivity index (χ0n) is 10.7. The fraction of sp³-hybridized carbons (Fsp3) is 0.600. The van der Waals surface area contributed by atoms with Crippen molar-refractivity contribution in [2.24, 2.45) is 5.92 Å². The maximum absolute atomic E-state index is 3.84. The van der Waals surface area contributed by atoms with Crippen molar-refractivity contribution in [2.45, 2.75) is 51.6 Å². The van der Waals surface area contributed by atoms with E-state index in [1.165, 1.54) is 24.8 Å². The highest BCUT2D eigenvalue weighted by molar-refractivity contribution is 9.10. The van der Waals surface area contributed by atoms with Gasteiger partial charge in [-0.15, -0.1) is 0 Å². The molecule has 1 nitrogen and oxygen atoms in total. The van der Waals surface area contributed by atoms with Crippen LogP contribution in [0, 0.1) is 5.92 Å². The Morgan fingerprint density at radius 2 is 1.82 bits per heavy atom. The lowest BCUT2D eigenvalue weighted by Gasteiger charge is -2.24. The summed E-state index contributed by atoms with van der Waals surface area (Å²) in [7, 11) is 0. The van der Waals surface area contributed by atoms with Crippen LogP contribution in [0.25, 0.3) is 0 Å². The SMILES string of the molecule is CCC(NC(CC)C1CC1)c1ccc(Br)cc1. The molecule has 1 aliphatic carbocycles. The molecule has 2 unspecified atom stereocenters. The van der Waals surface area contributed by atoms with Gasteiger partial charge in [-0.1, -0.05) is 41.9 Å². The summed E-state index contributed by atoms with van der Waals surface area (Å²) >= 11 is 3.49. The van der Waals surface area contributed by atoms with E-state index >= 15 is 0 Å². The number of rotatable bonds is 6. The number of hydrogen-bond acceptors (Lipinski definition) is 1. The van der Waals surface area contributed by atoms with E-state index < -0.39 is 0 Å². The summed E-state index contributed by atoms with van der Waals surface area (Å²) in [6.07, 6.45) is 5.24. The molecule has 0 radical (unpaired) electrons. The van der Waals surface area contributed by atoms with E-state index in [9.17, 15) is 0 Å². The van der Waals surface area contributed by atoms with Crippen molar-refractivity contribution < 1.29 is 0 Å². The molecule has 0 bridgehead atoms. The summed E-state index contributed by atoms with van der Waals surface area (Å²) in [4.78, 5) is 0. The highest BCUT2D eigenvalue weighted by Gasteiger charge is 2.31. The second-order valence-corrected chi connectivity index (χ2v) is 5.95. The van der Waals surface area contributed by atoms with E-state index in [-0.39, 0.29) is 0 Å². The molecule has 0 aromatic heterocycles. The number of hydrogen-bond donors (Lipinski definition) is 1. The van der Waals surface area contributed by atoms with Gasteiger partial charge in [0, 0.05) is 16.6 Å². The monoisotopic (exact) mass is 295 g/mol. The normalized spacial score (nSPS) is 19.0. The first-order valence-electron chi connectivity index (χ1n) is 6.76. The van der Waals surface area contributed by atoms with Gasteiger partial charge < -0.3 is 5.32 Å². The van der Waals surface area contributed by atoms with Crippen molar-refractivity contribution in [1.29, 1.82) is 0 Å². The third-order valence-electron chi connectivity index (χ3n) is 3.73. The maximum Gasteiger partial charge on any atom is 0.0320 e. The summed E-state index contributed by atoms with van der Waals surface area (Å²) in [6, 6.07) is 9.95. The molecule has 1 aromatic rings. The molecule has 1 saturated carbocycles. The van der Waals surface area contributed by atoms with Crippen LogP contribution in [0.4, 0.5) is 0 Å². The van der Waals surface area contributed by atoms with Gasteiger partial charge in [0.05, 0.1) is 0 Å². The highest BCUT2D eigenvalue weighted by Crippen LogP contribution is 2.35. The number of nitrogens with one attached hydrogen (secondary N) is 1. The van der Waals surface area contributed by atoms with Gasteiger partial charge in [-0.2, -0.15) is 0 Å². The quantitative estimate of drug-likeness (QED) is 0.804. The molecule has 1 aromatic carbocycles. The molecular formula is C15H22BrN. The third kappa shape index (κ3) is 3.56. The number of benzene rings is 1. The first-order chi connectivity index (χ1) is 8.24. The Morgan fingerprint density at radius 1 is 1.18 bits per heavy atom. The van der Waals surface area contributed by atoms with Crippen LogP contribution in [0.2, 0.25) is 0 Å². The molecule has 2 heteroatoms. The Labute approximate surface area is 113 Å². The highest BCUT2D eigenvalue weighted by atomic mass is 79.9. The lowest BCUT2D eigenvalue weighted by atomic mass is 10.0. The van der Waals surface area contributed by atoms with Gasteiger partial charge in [0.2, 0.25) is 0 Å². The molecule has 1 fully saturated rings. The van der Waals surface area contributed by atoms with Gasteiger partial charge in [-0.05, 0) is 49.3 Å². The van der Waals surface area contributed by atoms with Crippen molar-refractivity contribution >= 4 is 15.9 Å². The Hall–Kier alpha value is -0.340. The van der Waals surface area contributed by atoms with Crippen LogP contribution in [-0.2, 0) is 0 Å². The van der Waals surface area contributed by atoms with E-state index in [1.807, 2.05) is 0 Å². The molecule has 1 N–H and O–H groups in total. The van der Waals surface area contributed by atoms with Crippen molar-refractivity contribution in [3.8, 4) is 0 Å². The Kier molecular flexibility index (Phi) is 4.63. The second-order valence-electron chi connectivity index (χ2n) is 5.03. The molecule has 17 heavy (non-hydrogen) atoms. The minimum atomic E-state index is 0.508. The molecule has 0 amide bonds. The first-order valence-corrected chi connectivity index (χ1v) is 7.55. The summed E-state index contributed by atoms with van der Waals surface area (Å²) < 4.78 is 1.16. The van der Waals surface area contributed by atoms with Crippen LogP contribution in [0.3, 0.4) is 0 Å². The standard InChI is InChI=1S/C15H22BrN/c1-3-14(11-5-6-11)17-15(4-2)12-7-9-13(16)10-8-12/h7-11,14-15,17H,3-6H2,1-2H3. The maximum atomic E-state index is 3.84. The molecule has 0 saturated heterocycles. The summed E-state index contributed by atoms with van der Waals surface area (Å²) in [5.74, 6) is 0.935. The fourth-order valence-corrected chi connectivity index (χ4v) is 2.75. The Balaban J connectivity index is 2.02. The van der Waals surface area contributed by atoms with Crippen LogP contribution in [0.5, 0.6) is 0 Å². The predicted octanol–water partition coefficient (Wildman–Crippen LogP) is 4.68. The van der Waals surface area contributed by atoms with Crippen LogP contribution in [0.1, 0.15) is 51.1 Å². The van der Waals surface area contributed by atoms with Crippen molar-refractivity contribution in [3.05, 3.63) is 34.3 Å². The van der Waals surface area contributed by atoms with Gasteiger partial charge >= 0.3 is 0 Å². The van der Waals surface area contributed by atoms with E-state index in [0.717, 1.165) is 16.8 Å². The van der Waals surface area contributed by atoms with E-state index in [1.54, 1.807) is 0 Å². The van der Waals surface area contributed by atoms with Gasteiger partial charge in [0.15, 0.2) is 0 Å². The average molecular weight is 296 g/mol. The van der Waals surface area contributed by atoms with Crippen LogP contribution < -0.4 is 5.32 Å². The van der Waals surface area contributed by atoms with Crippen molar-refractivity contribution in [1.82, 2.24) is 5.32 Å². The van der Waals surface area contributed by atoms with Crippen LogP contribution in [0.15, 0.2) is 28.7 Å². The summed E-state index contributed by atoms with van der Waals surface area (Å²) in [6.45, 7) is 4.56. The lowest BCUT2D eigenvalue weighted by Crippen LogP contribution is -2.33. The molecule has 2 rings (SSSR count). The zero-order chi connectivity index (χ0) is 12.3.